The zero-order chi connectivity index (χ0) is 15.3. The van der Waals surface area contributed by atoms with Crippen LogP contribution in [-0.4, -0.2) is 16.2 Å². The normalized spacial score (nSPS) is 13.1. The second-order valence-electron chi connectivity index (χ2n) is 5.47. The zero-order valence-corrected chi connectivity index (χ0v) is 12.1. The molecule has 3 rings (SSSR count). The summed E-state index contributed by atoms with van der Waals surface area (Å²) < 4.78 is 11.2. The van der Waals surface area contributed by atoms with Crippen LogP contribution in [0.15, 0.2) is 21.0 Å². The first-order chi connectivity index (χ1) is 9.88. The summed E-state index contributed by atoms with van der Waals surface area (Å²) in [5.41, 5.74) is 1.68. The van der Waals surface area contributed by atoms with E-state index in [4.69, 9.17) is 13.9 Å². The van der Waals surface area contributed by atoms with E-state index in [1.165, 1.54) is 0 Å². The van der Waals surface area contributed by atoms with Crippen molar-refractivity contribution in [2.75, 3.05) is 0 Å². The number of aromatic hydroxyl groups is 1. The third kappa shape index (κ3) is 2.05. The molecule has 0 amide bonds. The molecule has 110 valence electrons. The fourth-order valence-electron chi connectivity index (χ4n) is 2.67. The number of hydrogen-bond donors (Lipinski definition) is 2. The number of hydrogen-bond acceptors (Lipinski definition) is 4. The molecule has 2 N–H and O–H groups in total. The van der Waals surface area contributed by atoms with E-state index in [0.29, 0.717) is 39.9 Å². The van der Waals surface area contributed by atoms with Gasteiger partial charge in [-0.15, -0.1) is 0 Å². The minimum Gasteiger partial charge on any atom is -0.504 e. The van der Waals surface area contributed by atoms with Gasteiger partial charge >= 0.3 is 5.97 Å². The van der Waals surface area contributed by atoms with Crippen molar-refractivity contribution < 1.29 is 23.8 Å². The number of benzene rings is 1. The summed E-state index contributed by atoms with van der Waals surface area (Å²) in [6.45, 7) is 5.23. The molecule has 5 nitrogen and oxygen atoms in total. The molecular formula is C16H16O5. The van der Waals surface area contributed by atoms with E-state index >= 15 is 0 Å². The van der Waals surface area contributed by atoms with Gasteiger partial charge in [-0.1, -0.05) is 6.92 Å². The smallest absolute Gasteiger partial charge is 0.306 e. The lowest BCUT2D eigenvalue weighted by molar-refractivity contribution is -0.141. The molecule has 0 aliphatic rings. The predicted octanol–water partition coefficient (Wildman–Crippen LogP) is 3.76. The first-order valence-electron chi connectivity index (χ1n) is 6.75. The standard InChI is InChI=1S/C16H16O5/c1-7(16(18)19)4-10-11-5-8(2)21-15(11)13(17)12-6-9(3)20-14(10)12/h5-7,17H,4H2,1-3H3,(H,18,19). The highest BCUT2D eigenvalue weighted by Crippen LogP contribution is 2.41. The van der Waals surface area contributed by atoms with E-state index < -0.39 is 11.9 Å². The van der Waals surface area contributed by atoms with Crippen LogP contribution in [0.25, 0.3) is 21.9 Å². The van der Waals surface area contributed by atoms with Crippen molar-refractivity contribution in [3.8, 4) is 5.75 Å². The number of phenols is 1. The molecule has 1 unspecified atom stereocenters. The number of phenolic OH excluding ortho intramolecular Hbond substituents is 1. The molecule has 5 heteroatoms. The zero-order valence-electron chi connectivity index (χ0n) is 12.1. The number of aliphatic carboxylic acids is 1. The monoisotopic (exact) mass is 288 g/mol. The Kier molecular flexibility index (Phi) is 2.93. The largest absolute Gasteiger partial charge is 0.504 e. The van der Waals surface area contributed by atoms with Crippen LogP contribution in [0.2, 0.25) is 0 Å². The van der Waals surface area contributed by atoms with E-state index in [1.54, 1.807) is 32.9 Å². The van der Waals surface area contributed by atoms with Crippen LogP contribution in [0.5, 0.6) is 5.75 Å². The summed E-state index contributed by atoms with van der Waals surface area (Å²) in [7, 11) is 0. The molecule has 0 aliphatic heterocycles. The molecular weight excluding hydrogens is 272 g/mol. The number of furan rings is 2. The third-order valence-corrected chi connectivity index (χ3v) is 3.71. The first-order valence-corrected chi connectivity index (χ1v) is 6.75. The van der Waals surface area contributed by atoms with Crippen molar-refractivity contribution in [2.24, 2.45) is 5.92 Å². The quantitative estimate of drug-likeness (QED) is 0.766. The van der Waals surface area contributed by atoms with Crippen LogP contribution in [-0.2, 0) is 11.2 Å². The van der Waals surface area contributed by atoms with Crippen LogP contribution in [0.4, 0.5) is 0 Å². The fraction of sp³-hybridized carbons (Fsp3) is 0.312. The molecule has 0 bridgehead atoms. The van der Waals surface area contributed by atoms with Crippen molar-refractivity contribution in [2.45, 2.75) is 27.2 Å². The van der Waals surface area contributed by atoms with Crippen LogP contribution >= 0.6 is 0 Å². The molecule has 0 saturated heterocycles. The number of rotatable bonds is 3. The molecule has 3 aromatic rings. The van der Waals surface area contributed by atoms with Gasteiger partial charge in [0.25, 0.3) is 0 Å². The first kappa shape index (κ1) is 13.5. The van der Waals surface area contributed by atoms with Gasteiger partial charge in [0, 0.05) is 10.9 Å². The van der Waals surface area contributed by atoms with Gasteiger partial charge in [-0.05, 0) is 32.4 Å². The predicted molar refractivity (Wildman–Crippen MR) is 77.6 cm³/mol. The fourth-order valence-corrected chi connectivity index (χ4v) is 2.67. The highest BCUT2D eigenvalue weighted by atomic mass is 16.4. The summed E-state index contributed by atoms with van der Waals surface area (Å²) >= 11 is 0. The van der Waals surface area contributed by atoms with Gasteiger partial charge in [-0.3, -0.25) is 4.79 Å². The minimum absolute atomic E-state index is 0.0386. The number of carboxylic acids is 1. The van der Waals surface area contributed by atoms with Crippen molar-refractivity contribution in [1.29, 1.82) is 0 Å². The van der Waals surface area contributed by atoms with Crippen molar-refractivity contribution in [3.05, 3.63) is 29.2 Å². The molecule has 1 aromatic carbocycles. The molecule has 1 atom stereocenters. The molecule has 0 fully saturated rings. The van der Waals surface area contributed by atoms with E-state index in [9.17, 15) is 9.90 Å². The topological polar surface area (TPSA) is 83.8 Å². The highest BCUT2D eigenvalue weighted by Gasteiger charge is 2.23. The van der Waals surface area contributed by atoms with Crippen LogP contribution in [0, 0.1) is 19.8 Å². The average molecular weight is 288 g/mol. The summed E-state index contributed by atoms with van der Waals surface area (Å²) in [6, 6.07) is 3.53. The lowest BCUT2D eigenvalue weighted by Gasteiger charge is -2.09. The molecule has 21 heavy (non-hydrogen) atoms. The molecule has 0 saturated carbocycles. The van der Waals surface area contributed by atoms with Gasteiger partial charge in [-0.2, -0.15) is 0 Å². The Morgan fingerprint density at radius 2 is 1.71 bits per heavy atom. The van der Waals surface area contributed by atoms with Gasteiger partial charge in [0.1, 0.15) is 17.1 Å². The van der Waals surface area contributed by atoms with E-state index in [0.717, 1.165) is 5.56 Å². The highest BCUT2D eigenvalue weighted by molar-refractivity contribution is 6.04. The van der Waals surface area contributed by atoms with Crippen molar-refractivity contribution in [1.82, 2.24) is 0 Å². The number of aryl methyl sites for hydroxylation is 2. The molecule has 0 radical (unpaired) electrons. The van der Waals surface area contributed by atoms with Gasteiger partial charge in [0.05, 0.1) is 11.3 Å². The average Bonchev–Trinajstić information content (AvgIpc) is 2.97. The summed E-state index contributed by atoms with van der Waals surface area (Å²) in [6.07, 6.45) is 0.314. The Morgan fingerprint density at radius 1 is 1.14 bits per heavy atom. The summed E-state index contributed by atoms with van der Waals surface area (Å²) in [5.74, 6) is -0.0612. The van der Waals surface area contributed by atoms with Crippen LogP contribution in [0.3, 0.4) is 0 Å². The molecule has 0 spiro atoms. The minimum atomic E-state index is -0.868. The van der Waals surface area contributed by atoms with E-state index in [1.807, 2.05) is 0 Å². The lowest BCUT2D eigenvalue weighted by Crippen LogP contribution is -2.12. The second kappa shape index (κ2) is 4.55. The van der Waals surface area contributed by atoms with E-state index in [2.05, 4.69) is 0 Å². The summed E-state index contributed by atoms with van der Waals surface area (Å²) in [5, 5.41) is 20.7. The molecule has 2 heterocycles. The van der Waals surface area contributed by atoms with Gasteiger partial charge < -0.3 is 19.0 Å². The number of carbonyl (C=O) groups is 1. The van der Waals surface area contributed by atoms with Crippen molar-refractivity contribution >= 4 is 27.9 Å². The maximum atomic E-state index is 11.1. The molecule has 0 aliphatic carbocycles. The van der Waals surface area contributed by atoms with Crippen LogP contribution in [0.1, 0.15) is 24.0 Å². The van der Waals surface area contributed by atoms with Crippen molar-refractivity contribution in [3.63, 3.8) is 0 Å². The third-order valence-electron chi connectivity index (χ3n) is 3.71. The Balaban J connectivity index is 2.36. The molecule has 2 aromatic heterocycles. The number of fused-ring (bicyclic) bond motifs is 2. The van der Waals surface area contributed by atoms with E-state index in [-0.39, 0.29) is 5.75 Å². The maximum Gasteiger partial charge on any atom is 0.306 e. The van der Waals surface area contributed by atoms with Gasteiger partial charge in [-0.25, -0.2) is 0 Å². The number of carboxylic acid groups (broad SMARTS) is 1. The van der Waals surface area contributed by atoms with Gasteiger partial charge in [0.15, 0.2) is 11.3 Å². The maximum absolute atomic E-state index is 11.1. The second-order valence-corrected chi connectivity index (χ2v) is 5.47. The summed E-state index contributed by atoms with van der Waals surface area (Å²) in [4.78, 5) is 11.1. The Morgan fingerprint density at radius 3 is 2.33 bits per heavy atom. The lowest BCUT2D eigenvalue weighted by atomic mass is 9.96. The Bertz CT molecular complexity index is 795. The SMILES string of the molecule is Cc1cc2c(CC(C)C(=O)O)c3oc(C)cc3c(O)c2o1. The Hall–Kier alpha value is -2.43. The van der Waals surface area contributed by atoms with Gasteiger partial charge in [0.2, 0.25) is 0 Å². The van der Waals surface area contributed by atoms with Crippen LogP contribution < -0.4 is 0 Å². The Labute approximate surface area is 120 Å².